The summed E-state index contributed by atoms with van der Waals surface area (Å²) in [6.45, 7) is 5.86. The average Bonchev–Trinajstić information content (AvgIpc) is 2.34. The molecule has 0 aromatic heterocycles. The number of carbonyl (C=O) groups is 2. The minimum atomic E-state index is -0.284. The third-order valence-corrected chi connectivity index (χ3v) is 2.81. The summed E-state index contributed by atoms with van der Waals surface area (Å²) in [5.41, 5.74) is 1.37. The molecule has 0 fully saturated rings. The van der Waals surface area contributed by atoms with Crippen LogP contribution in [0.2, 0.25) is 0 Å². The molecule has 0 atom stereocenters. The summed E-state index contributed by atoms with van der Waals surface area (Å²) >= 11 is 3.28. The fourth-order valence-corrected chi connectivity index (χ4v) is 1.68. The van der Waals surface area contributed by atoms with Crippen molar-refractivity contribution in [3.63, 3.8) is 0 Å². The zero-order valence-corrected chi connectivity index (χ0v) is 11.7. The zero-order chi connectivity index (χ0) is 13.5. The van der Waals surface area contributed by atoms with Gasteiger partial charge in [0.15, 0.2) is 0 Å². The second-order valence-corrected chi connectivity index (χ2v) is 4.75. The first-order valence-corrected chi connectivity index (χ1v) is 6.24. The van der Waals surface area contributed by atoms with Crippen LogP contribution in [0.4, 0.5) is 0 Å². The number of halogens is 1. The third-order valence-electron chi connectivity index (χ3n) is 2.12. The number of amides is 2. The Kier molecular flexibility index (Phi) is 5.58. The van der Waals surface area contributed by atoms with Gasteiger partial charge in [0.05, 0.1) is 12.1 Å². The number of carbonyl (C=O) groups excluding carboxylic acids is 2. The summed E-state index contributed by atoms with van der Waals surface area (Å²) in [6, 6.07) is 7.04. The van der Waals surface area contributed by atoms with Crippen molar-refractivity contribution in [2.75, 3.05) is 13.1 Å². The van der Waals surface area contributed by atoms with Crippen molar-refractivity contribution in [3.05, 3.63) is 46.5 Å². The van der Waals surface area contributed by atoms with Crippen molar-refractivity contribution >= 4 is 27.7 Å². The molecule has 0 aliphatic heterocycles. The lowest BCUT2D eigenvalue weighted by Gasteiger charge is -2.07. The number of rotatable bonds is 5. The molecule has 1 aromatic carbocycles. The Morgan fingerprint density at radius 2 is 1.89 bits per heavy atom. The monoisotopic (exact) mass is 310 g/mol. The van der Waals surface area contributed by atoms with Crippen molar-refractivity contribution in [1.29, 1.82) is 0 Å². The largest absolute Gasteiger partial charge is 0.351 e. The Bertz CT molecular complexity index is 472. The van der Waals surface area contributed by atoms with E-state index >= 15 is 0 Å². The van der Waals surface area contributed by atoms with Crippen molar-refractivity contribution in [2.24, 2.45) is 0 Å². The van der Waals surface area contributed by atoms with E-state index < -0.39 is 0 Å². The smallest absolute Gasteiger partial charge is 0.252 e. The van der Waals surface area contributed by atoms with E-state index in [1.165, 1.54) is 0 Å². The second-order valence-electron chi connectivity index (χ2n) is 3.90. The van der Waals surface area contributed by atoms with Gasteiger partial charge in [-0.15, -0.1) is 0 Å². The van der Waals surface area contributed by atoms with Gasteiger partial charge in [-0.3, -0.25) is 9.59 Å². The van der Waals surface area contributed by atoms with Gasteiger partial charge in [0, 0.05) is 11.0 Å². The fourth-order valence-electron chi connectivity index (χ4n) is 1.21. The van der Waals surface area contributed by atoms with E-state index in [0.29, 0.717) is 16.6 Å². The molecule has 0 radical (unpaired) electrons. The van der Waals surface area contributed by atoms with Gasteiger partial charge < -0.3 is 10.6 Å². The highest BCUT2D eigenvalue weighted by Gasteiger charge is 2.10. The molecule has 18 heavy (non-hydrogen) atoms. The molecule has 96 valence electrons. The van der Waals surface area contributed by atoms with Crippen LogP contribution in [0.3, 0.4) is 0 Å². The first kappa shape index (κ1) is 14.4. The van der Waals surface area contributed by atoms with E-state index in [1.807, 2.05) is 13.0 Å². The molecule has 0 bridgehead atoms. The molecule has 0 heterocycles. The molecule has 2 N–H and O–H groups in total. The quantitative estimate of drug-likeness (QED) is 0.816. The molecular formula is C13H15BrN2O2. The highest BCUT2D eigenvalue weighted by atomic mass is 79.9. The Morgan fingerprint density at radius 1 is 1.22 bits per heavy atom. The lowest BCUT2D eigenvalue weighted by molar-refractivity contribution is -0.119. The molecular weight excluding hydrogens is 296 g/mol. The van der Waals surface area contributed by atoms with Crippen molar-refractivity contribution in [2.45, 2.75) is 6.92 Å². The summed E-state index contributed by atoms with van der Waals surface area (Å²) in [6.07, 6.45) is 0. The molecule has 0 unspecified atom stereocenters. The number of benzene rings is 1. The Morgan fingerprint density at radius 3 is 2.50 bits per heavy atom. The molecule has 0 spiro atoms. The van der Waals surface area contributed by atoms with Gasteiger partial charge in [0.25, 0.3) is 5.91 Å². The van der Waals surface area contributed by atoms with Crippen LogP contribution in [0.5, 0.6) is 0 Å². The lowest BCUT2D eigenvalue weighted by atomic mass is 10.2. The van der Waals surface area contributed by atoms with Crippen LogP contribution < -0.4 is 10.6 Å². The van der Waals surface area contributed by atoms with Gasteiger partial charge in [-0.2, -0.15) is 0 Å². The van der Waals surface area contributed by atoms with E-state index in [0.717, 1.165) is 5.57 Å². The maximum absolute atomic E-state index is 11.8. The molecule has 4 nitrogen and oxygen atoms in total. The lowest BCUT2D eigenvalue weighted by Crippen LogP contribution is -2.37. The molecule has 0 saturated heterocycles. The number of hydrogen-bond acceptors (Lipinski definition) is 2. The normalized spacial score (nSPS) is 9.67. The van der Waals surface area contributed by atoms with Crippen molar-refractivity contribution in [1.82, 2.24) is 10.6 Å². The molecule has 0 aliphatic rings. The van der Waals surface area contributed by atoms with Crippen LogP contribution >= 0.6 is 15.9 Å². The average molecular weight is 311 g/mol. The maximum Gasteiger partial charge on any atom is 0.252 e. The number of nitrogens with one attached hydrogen (secondary N) is 2. The van der Waals surface area contributed by atoms with E-state index in [4.69, 9.17) is 0 Å². The minimum absolute atomic E-state index is 0.0482. The van der Waals surface area contributed by atoms with Gasteiger partial charge in [0.2, 0.25) is 5.91 Å². The standard InChI is InChI=1S/C13H15BrN2O2/c1-9(2)7-15-12(17)8-16-13(18)10-5-3-4-6-11(10)14/h3-6H,1,7-8H2,2H3,(H,15,17)(H,16,18). The van der Waals surface area contributed by atoms with Crippen LogP contribution in [0.1, 0.15) is 17.3 Å². The molecule has 2 amide bonds. The van der Waals surface area contributed by atoms with Gasteiger partial charge >= 0.3 is 0 Å². The van der Waals surface area contributed by atoms with Crippen molar-refractivity contribution in [3.8, 4) is 0 Å². The van der Waals surface area contributed by atoms with E-state index in [1.54, 1.807) is 18.2 Å². The molecule has 0 aliphatic carbocycles. The highest BCUT2D eigenvalue weighted by Crippen LogP contribution is 2.15. The van der Waals surface area contributed by atoms with Crippen LogP contribution in [0, 0.1) is 0 Å². The van der Waals surface area contributed by atoms with E-state index in [-0.39, 0.29) is 18.4 Å². The highest BCUT2D eigenvalue weighted by molar-refractivity contribution is 9.10. The topological polar surface area (TPSA) is 58.2 Å². The first-order valence-electron chi connectivity index (χ1n) is 5.44. The molecule has 0 saturated carbocycles. The van der Waals surface area contributed by atoms with Crippen LogP contribution in [0.25, 0.3) is 0 Å². The predicted molar refractivity (Wildman–Crippen MR) is 74.3 cm³/mol. The Labute approximate surface area is 115 Å². The van der Waals surface area contributed by atoms with Crippen LogP contribution in [0.15, 0.2) is 40.9 Å². The summed E-state index contributed by atoms with van der Waals surface area (Å²) < 4.78 is 0.699. The summed E-state index contributed by atoms with van der Waals surface area (Å²) in [5.74, 6) is -0.522. The maximum atomic E-state index is 11.8. The molecule has 1 rings (SSSR count). The van der Waals surface area contributed by atoms with Crippen molar-refractivity contribution < 1.29 is 9.59 Å². The van der Waals surface area contributed by atoms with E-state index in [9.17, 15) is 9.59 Å². The summed E-state index contributed by atoms with van der Waals surface area (Å²) in [7, 11) is 0. The van der Waals surface area contributed by atoms with Crippen LogP contribution in [-0.4, -0.2) is 24.9 Å². The Balaban J connectivity index is 2.45. The van der Waals surface area contributed by atoms with Gasteiger partial charge in [-0.25, -0.2) is 0 Å². The van der Waals surface area contributed by atoms with Gasteiger partial charge in [-0.1, -0.05) is 24.3 Å². The zero-order valence-electron chi connectivity index (χ0n) is 10.1. The fraction of sp³-hybridized carbons (Fsp3) is 0.231. The molecule has 1 aromatic rings. The van der Waals surface area contributed by atoms with Crippen LogP contribution in [-0.2, 0) is 4.79 Å². The molecule has 5 heteroatoms. The van der Waals surface area contributed by atoms with Gasteiger partial charge in [0.1, 0.15) is 0 Å². The minimum Gasteiger partial charge on any atom is -0.351 e. The number of hydrogen-bond donors (Lipinski definition) is 2. The van der Waals surface area contributed by atoms with E-state index in [2.05, 4.69) is 33.1 Å². The Hall–Kier alpha value is -1.62. The second kappa shape index (κ2) is 6.96. The summed E-state index contributed by atoms with van der Waals surface area (Å²) in [4.78, 5) is 23.2. The van der Waals surface area contributed by atoms with Gasteiger partial charge in [-0.05, 0) is 35.0 Å². The first-order chi connectivity index (χ1) is 8.50. The SMILES string of the molecule is C=C(C)CNC(=O)CNC(=O)c1ccccc1Br. The third kappa shape index (κ3) is 4.71. The summed E-state index contributed by atoms with van der Waals surface area (Å²) in [5, 5.41) is 5.19. The predicted octanol–water partition coefficient (Wildman–Crippen LogP) is 1.87.